The third-order valence-corrected chi connectivity index (χ3v) is 4.70. The standard InChI is InChI=1S/C16H23N3OS/c1-4-6-13-9-15(21-12(13)3)16(20)17-8-5-7-14-10-18-19-11(14)2/h9-10H,4-8H2,1-3H3,(H,17,20)(H,18,19). The first-order valence-electron chi connectivity index (χ1n) is 7.48. The van der Waals surface area contributed by atoms with Crippen LogP contribution in [-0.2, 0) is 12.8 Å². The molecule has 2 N–H and O–H groups in total. The number of thiophene rings is 1. The summed E-state index contributed by atoms with van der Waals surface area (Å²) in [4.78, 5) is 14.2. The van der Waals surface area contributed by atoms with Gasteiger partial charge < -0.3 is 5.32 Å². The van der Waals surface area contributed by atoms with E-state index in [9.17, 15) is 4.79 Å². The van der Waals surface area contributed by atoms with Gasteiger partial charge in [0.15, 0.2) is 0 Å². The minimum absolute atomic E-state index is 0.0503. The van der Waals surface area contributed by atoms with Crippen LogP contribution < -0.4 is 5.32 Å². The Kier molecular flexibility index (Phi) is 5.56. The van der Waals surface area contributed by atoms with E-state index in [4.69, 9.17) is 0 Å². The second kappa shape index (κ2) is 7.41. The predicted octanol–water partition coefficient (Wildman–Crippen LogP) is 3.40. The fourth-order valence-electron chi connectivity index (χ4n) is 2.34. The second-order valence-corrected chi connectivity index (χ2v) is 6.58. The second-order valence-electron chi connectivity index (χ2n) is 5.32. The van der Waals surface area contributed by atoms with Crippen LogP contribution in [0.3, 0.4) is 0 Å². The molecule has 0 aliphatic carbocycles. The molecular formula is C16H23N3OS. The van der Waals surface area contributed by atoms with Gasteiger partial charge in [-0.1, -0.05) is 13.3 Å². The first-order valence-corrected chi connectivity index (χ1v) is 8.29. The third kappa shape index (κ3) is 4.17. The quantitative estimate of drug-likeness (QED) is 0.770. The molecule has 0 spiro atoms. The molecule has 21 heavy (non-hydrogen) atoms. The predicted molar refractivity (Wildman–Crippen MR) is 87.0 cm³/mol. The lowest BCUT2D eigenvalue weighted by atomic mass is 10.1. The van der Waals surface area contributed by atoms with E-state index < -0.39 is 0 Å². The normalized spacial score (nSPS) is 10.8. The molecule has 0 bridgehead atoms. The zero-order valence-electron chi connectivity index (χ0n) is 13.0. The summed E-state index contributed by atoms with van der Waals surface area (Å²) < 4.78 is 0. The van der Waals surface area contributed by atoms with Crippen molar-refractivity contribution in [3.63, 3.8) is 0 Å². The summed E-state index contributed by atoms with van der Waals surface area (Å²) in [6.07, 6.45) is 5.89. The van der Waals surface area contributed by atoms with Gasteiger partial charge in [-0.05, 0) is 50.3 Å². The van der Waals surface area contributed by atoms with Crippen molar-refractivity contribution in [1.82, 2.24) is 15.5 Å². The summed E-state index contributed by atoms with van der Waals surface area (Å²) in [5.74, 6) is 0.0503. The molecule has 2 rings (SSSR count). The van der Waals surface area contributed by atoms with Gasteiger partial charge >= 0.3 is 0 Å². The molecule has 0 saturated heterocycles. The maximum absolute atomic E-state index is 12.1. The highest BCUT2D eigenvalue weighted by molar-refractivity contribution is 7.14. The number of carbonyl (C=O) groups is 1. The molecule has 0 fully saturated rings. The van der Waals surface area contributed by atoms with Gasteiger partial charge in [0.2, 0.25) is 0 Å². The lowest BCUT2D eigenvalue weighted by molar-refractivity contribution is 0.0957. The molecule has 2 heterocycles. The van der Waals surface area contributed by atoms with Crippen molar-refractivity contribution in [3.05, 3.63) is 38.8 Å². The molecule has 0 aliphatic heterocycles. The number of hydrogen-bond donors (Lipinski definition) is 2. The summed E-state index contributed by atoms with van der Waals surface area (Å²) in [5, 5.41) is 9.94. The Balaban J connectivity index is 1.79. The Morgan fingerprint density at radius 1 is 1.33 bits per heavy atom. The van der Waals surface area contributed by atoms with E-state index in [0.717, 1.165) is 36.3 Å². The van der Waals surface area contributed by atoms with Crippen LogP contribution in [0.15, 0.2) is 12.3 Å². The molecule has 114 valence electrons. The molecule has 4 nitrogen and oxygen atoms in total. The maximum atomic E-state index is 12.1. The molecular weight excluding hydrogens is 282 g/mol. The Labute approximate surface area is 130 Å². The number of rotatable bonds is 7. The number of nitrogens with one attached hydrogen (secondary N) is 2. The van der Waals surface area contributed by atoms with Crippen LogP contribution in [0.4, 0.5) is 0 Å². The molecule has 2 aromatic rings. The third-order valence-electron chi connectivity index (χ3n) is 3.61. The first-order chi connectivity index (χ1) is 10.1. The zero-order valence-corrected chi connectivity index (χ0v) is 13.8. The number of aromatic nitrogens is 2. The molecule has 0 saturated carbocycles. The van der Waals surface area contributed by atoms with Crippen LogP contribution in [0.2, 0.25) is 0 Å². The van der Waals surface area contributed by atoms with Crippen LogP contribution in [0.1, 0.15) is 51.1 Å². The van der Waals surface area contributed by atoms with Crippen molar-refractivity contribution in [2.45, 2.75) is 46.5 Å². The minimum atomic E-state index is 0.0503. The first kappa shape index (κ1) is 15.8. The zero-order chi connectivity index (χ0) is 15.2. The highest BCUT2D eigenvalue weighted by Gasteiger charge is 2.11. The lowest BCUT2D eigenvalue weighted by Gasteiger charge is -2.03. The molecule has 0 radical (unpaired) electrons. The number of amides is 1. The number of aryl methyl sites for hydroxylation is 4. The van der Waals surface area contributed by atoms with E-state index in [2.05, 4.69) is 29.4 Å². The van der Waals surface area contributed by atoms with Crippen molar-refractivity contribution < 1.29 is 4.79 Å². The van der Waals surface area contributed by atoms with Crippen molar-refractivity contribution in [2.75, 3.05) is 6.54 Å². The maximum Gasteiger partial charge on any atom is 0.261 e. The average molecular weight is 305 g/mol. The van der Waals surface area contributed by atoms with Crippen molar-refractivity contribution in [2.24, 2.45) is 0 Å². The van der Waals surface area contributed by atoms with E-state index in [1.807, 2.05) is 19.2 Å². The topological polar surface area (TPSA) is 57.8 Å². The van der Waals surface area contributed by atoms with Crippen molar-refractivity contribution in [1.29, 1.82) is 0 Å². The highest BCUT2D eigenvalue weighted by atomic mass is 32.1. The van der Waals surface area contributed by atoms with E-state index in [0.29, 0.717) is 6.54 Å². The molecule has 1 amide bonds. The summed E-state index contributed by atoms with van der Waals surface area (Å²) in [7, 11) is 0. The fourth-order valence-corrected chi connectivity index (χ4v) is 3.33. The Morgan fingerprint density at radius 2 is 2.14 bits per heavy atom. The number of hydrogen-bond acceptors (Lipinski definition) is 3. The van der Waals surface area contributed by atoms with E-state index in [-0.39, 0.29) is 5.91 Å². The monoisotopic (exact) mass is 305 g/mol. The van der Waals surface area contributed by atoms with E-state index >= 15 is 0 Å². The summed E-state index contributed by atoms with van der Waals surface area (Å²) in [6.45, 7) is 6.97. The average Bonchev–Trinajstić information content (AvgIpc) is 3.02. The van der Waals surface area contributed by atoms with Gasteiger partial charge in [0.05, 0.1) is 11.1 Å². The Hall–Kier alpha value is -1.62. The van der Waals surface area contributed by atoms with Crippen LogP contribution in [0, 0.1) is 13.8 Å². The van der Waals surface area contributed by atoms with Gasteiger partial charge in [-0.15, -0.1) is 11.3 Å². The van der Waals surface area contributed by atoms with Gasteiger partial charge in [0.1, 0.15) is 0 Å². The molecule has 5 heteroatoms. The van der Waals surface area contributed by atoms with E-state index in [1.54, 1.807) is 11.3 Å². The molecule has 2 aromatic heterocycles. The fraction of sp³-hybridized carbons (Fsp3) is 0.500. The van der Waals surface area contributed by atoms with E-state index in [1.165, 1.54) is 16.0 Å². The summed E-state index contributed by atoms with van der Waals surface area (Å²) >= 11 is 1.59. The van der Waals surface area contributed by atoms with Crippen molar-refractivity contribution in [3.8, 4) is 0 Å². The van der Waals surface area contributed by atoms with Gasteiger partial charge in [0.25, 0.3) is 5.91 Å². The van der Waals surface area contributed by atoms with Crippen LogP contribution >= 0.6 is 11.3 Å². The molecule has 0 unspecified atom stereocenters. The Morgan fingerprint density at radius 3 is 2.81 bits per heavy atom. The van der Waals surface area contributed by atoms with Gasteiger partial charge in [-0.25, -0.2) is 0 Å². The number of nitrogens with zero attached hydrogens (tertiary/aromatic N) is 1. The van der Waals surface area contributed by atoms with Gasteiger partial charge in [-0.2, -0.15) is 5.10 Å². The highest BCUT2D eigenvalue weighted by Crippen LogP contribution is 2.22. The van der Waals surface area contributed by atoms with Gasteiger partial charge in [-0.3, -0.25) is 9.89 Å². The number of aromatic amines is 1. The minimum Gasteiger partial charge on any atom is -0.351 e. The lowest BCUT2D eigenvalue weighted by Crippen LogP contribution is -2.23. The van der Waals surface area contributed by atoms with Crippen molar-refractivity contribution >= 4 is 17.2 Å². The molecule has 0 aromatic carbocycles. The molecule has 0 atom stereocenters. The summed E-state index contributed by atoms with van der Waals surface area (Å²) in [5.41, 5.74) is 3.64. The van der Waals surface area contributed by atoms with Crippen LogP contribution in [-0.4, -0.2) is 22.6 Å². The Bertz CT molecular complexity index is 600. The SMILES string of the molecule is CCCc1cc(C(=O)NCCCc2cn[nH]c2C)sc1C. The largest absolute Gasteiger partial charge is 0.351 e. The summed E-state index contributed by atoms with van der Waals surface area (Å²) in [6, 6.07) is 2.04. The van der Waals surface area contributed by atoms with Crippen LogP contribution in [0.5, 0.6) is 0 Å². The number of carbonyl (C=O) groups excluding carboxylic acids is 1. The smallest absolute Gasteiger partial charge is 0.261 e. The molecule has 0 aliphatic rings. The van der Waals surface area contributed by atoms with Crippen LogP contribution in [0.25, 0.3) is 0 Å². The van der Waals surface area contributed by atoms with Gasteiger partial charge in [0, 0.05) is 17.1 Å². The number of H-pyrrole nitrogens is 1.